The van der Waals surface area contributed by atoms with E-state index in [2.05, 4.69) is 19.0 Å². The van der Waals surface area contributed by atoms with Crippen molar-refractivity contribution in [1.82, 2.24) is 9.80 Å². The fourth-order valence-electron chi connectivity index (χ4n) is 2.88. The largest absolute Gasteiger partial charge is 0.489 e. The van der Waals surface area contributed by atoms with Crippen LogP contribution in [0.5, 0.6) is 5.75 Å². The summed E-state index contributed by atoms with van der Waals surface area (Å²) in [6, 6.07) is 8.04. The zero-order valence-electron chi connectivity index (χ0n) is 12.1. The zero-order chi connectivity index (χ0) is 14.1. The molecular weight excluding hydrogens is 254 g/mol. The van der Waals surface area contributed by atoms with Gasteiger partial charge in [0.05, 0.1) is 11.7 Å². The Bertz CT molecular complexity index is 504. The van der Waals surface area contributed by atoms with Crippen molar-refractivity contribution in [1.29, 1.82) is 0 Å². The minimum Gasteiger partial charge on any atom is -0.489 e. The number of carbonyl (C=O) groups is 1. The summed E-state index contributed by atoms with van der Waals surface area (Å²) in [6.45, 7) is 3.17. The van der Waals surface area contributed by atoms with E-state index in [-0.39, 0.29) is 12.1 Å². The Hall–Kier alpha value is -1.75. The average Bonchev–Trinajstić information content (AvgIpc) is 2.76. The highest BCUT2D eigenvalue weighted by Crippen LogP contribution is 2.36. The highest BCUT2D eigenvalue weighted by molar-refractivity contribution is 5.97. The summed E-state index contributed by atoms with van der Waals surface area (Å²) < 4.78 is 5.75. The number of amides is 2. The number of urea groups is 1. The van der Waals surface area contributed by atoms with Crippen LogP contribution in [0.15, 0.2) is 24.3 Å². The lowest BCUT2D eigenvalue weighted by molar-refractivity contribution is 0.217. The first-order valence-electron chi connectivity index (χ1n) is 7.11. The van der Waals surface area contributed by atoms with Crippen LogP contribution in [-0.4, -0.2) is 62.2 Å². The Morgan fingerprint density at radius 3 is 2.95 bits per heavy atom. The van der Waals surface area contributed by atoms with E-state index in [1.165, 1.54) is 0 Å². The quantitative estimate of drug-likeness (QED) is 0.838. The van der Waals surface area contributed by atoms with Crippen molar-refractivity contribution in [3.63, 3.8) is 0 Å². The maximum absolute atomic E-state index is 12.6. The minimum atomic E-state index is 0.115. The summed E-state index contributed by atoms with van der Waals surface area (Å²) in [5.74, 6) is 0.812. The van der Waals surface area contributed by atoms with E-state index in [1.807, 2.05) is 34.1 Å². The summed E-state index contributed by atoms with van der Waals surface area (Å²) >= 11 is 0. The Morgan fingerprint density at radius 1 is 1.35 bits per heavy atom. The van der Waals surface area contributed by atoms with Crippen molar-refractivity contribution in [3.05, 3.63) is 24.3 Å². The van der Waals surface area contributed by atoms with E-state index in [9.17, 15) is 4.79 Å². The molecule has 1 aromatic rings. The van der Waals surface area contributed by atoms with Crippen molar-refractivity contribution in [3.8, 4) is 5.75 Å². The smallest absolute Gasteiger partial charge is 0.325 e. The molecule has 0 spiro atoms. The highest BCUT2D eigenvalue weighted by atomic mass is 16.5. The van der Waals surface area contributed by atoms with Gasteiger partial charge in [0, 0.05) is 13.1 Å². The molecule has 0 N–H and O–H groups in total. The fraction of sp³-hybridized carbons (Fsp3) is 0.533. The zero-order valence-corrected chi connectivity index (χ0v) is 12.1. The van der Waals surface area contributed by atoms with Crippen molar-refractivity contribution in [2.75, 3.05) is 45.2 Å². The van der Waals surface area contributed by atoms with Crippen LogP contribution in [-0.2, 0) is 0 Å². The standard InChI is InChI=1S/C15H21N3O2/c1-16(2)8-5-9-17-10-12-11-20-14-7-4-3-6-13(14)18(12)15(17)19/h3-4,6-7,12H,5,8-11H2,1-2H3. The van der Waals surface area contributed by atoms with Crippen LogP contribution >= 0.6 is 0 Å². The first-order chi connectivity index (χ1) is 9.66. The molecule has 1 saturated heterocycles. The van der Waals surface area contributed by atoms with Crippen molar-refractivity contribution in [2.24, 2.45) is 0 Å². The van der Waals surface area contributed by atoms with Gasteiger partial charge in [-0.3, -0.25) is 4.90 Å². The second kappa shape index (κ2) is 5.32. The number of benzene rings is 1. The van der Waals surface area contributed by atoms with E-state index >= 15 is 0 Å². The molecule has 108 valence electrons. The molecule has 5 nitrogen and oxygen atoms in total. The lowest BCUT2D eigenvalue weighted by atomic mass is 10.2. The van der Waals surface area contributed by atoms with Crippen molar-refractivity contribution in [2.45, 2.75) is 12.5 Å². The van der Waals surface area contributed by atoms with Gasteiger partial charge in [0.25, 0.3) is 0 Å². The van der Waals surface area contributed by atoms with Gasteiger partial charge in [0.1, 0.15) is 12.4 Å². The molecule has 20 heavy (non-hydrogen) atoms. The van der Waals surface area contributed by atoms with E-state index in [4.69, 9.17) is 4.74 Å². The van der Waals surface area contributed by atoms with E-state index in [0.717, 1.165) is 37.5 Å². The van der Waals surface area contributed by atoms with Crippen LogP contribution in [0, 0.1) is 0 Å². The van der Waals surface area contributed by atoms with Gasteiger partial charge in [-0.25, -0.2) is 4.79 Å². The van der Waals surface area contributed by atoms with Gasteiger partial charge in [0.15, 0.2) is 0 Å². The highest BCUT2D eigenvalue weighted by Gasteiger charge is 2.41. The number of rotatable bonds is 4. The van der Waals surface area contributed by atoms with Crippen LogP contribution in [0.1, 0.15) is 6.42 Å². The third-order valence-electron chi connectivity index (χ3n) is 3.86. The monoisotopic (exact) mass is 275 g/mol. The Balaban J connectivity index is 1.72. The molecule has 2 amide bonds. The number of para-hydroxylation sites is 2. The van der Waals surface area contributed by atoms with Crippen molar-refractivity contribution >= 4 is 11.7 Å². The van der Waals surface area contributed by atoms with Crippen LogP contribution in [0.4, 0.5) is 10.5 Å². The molecule has 3 rings (SSSR count). The molecule has 5 heteroatoms. The molecule has 0 saturated carbocycles. The topological polar surface area (TPSA) is 36.0 Å². The third kappa shape index (κ3) is 2.33. The predicted molar refractivity (Wildman–Crippen MR) is 78.3 cm³/mol. The van der Waals surface area contributed by atoms with E-state index in [0.29, 0.717) is 6.61 Å². The Morgan fingerprint density at radius 2 is 2.15 bits per heavy atom. The van der Waals surface area contributed by atoms with Gasteiger partial charge in [0.2, 0.25) is 0 Å². The molecule has 1 fully saturated rings. The van der Waals surface area contributed by atoms with Crippen LogP contribution in [0.2, 0.25) is 0 Å². The second-order valence-electron chi connectivity index (χ2n) is 5.69. The van der Waals surface area contributed by atoms with Crippen molar-refractivity contribution < 1.29 is 9.53 Å². The maximum atomic E-state index is 12.6. The first kappa shape index (κ1) is 13.2. The molecule has 0 bridgehead atoms. The first-order valence-corrected chi connectivity index (χ1v) is 7.11. The molecule has 2 aliphatic rings. The van der Waals surface area contributed by atoms with Gasteiger partial charge < -0.3 is 14.5 Å². The van der Waals surface area contributed by atoms with E-state index < -0.39 is 0 Å². The molecular formula is C15H21N3O2. The molecule has 1 unspecified atom stereocenters. The fourth-order valence-corrected chi connectivity index (χ4v) is 2.88. The third-order valence-corrected chi connectivity index (χ3v) is 3.86. The van der Waals surface area contributed by atoms with Crippen LogP contribution < -0.4 is 9.64 Å². The molecule has 1 aromatic carbocycles. The SMILES string of the molecule is CN(C)CCCN1CC2COc3ccccc3N2C1=O. The summed E-state index contributed by atoms with van der Waals surface area (Å²) in [5.41, 5.74) is 0.906. The number of carbonyl (C=O) groups excluding carboxylic acids is 1. The van der Waals surface area contributed by atoms with Gasteiger partial charge in [-0.1, -0.05) is 12.1 Å². The number of nitrogens with zero attached hydrogens (tertiary/aromatic N) is 3. The predicted octanol–water partition coefficient (Wildman–Crippen LogP) is 1.64. The minimum absolute atomic E-state index is 0.115. The molecule has 2 heterocycles. The van der Waals surface area contributed by atoms with Crippen LogP contribution in [0.25, 0.3) is 0 Å². The lowest BCUT2D eigenvalue weighted by Gasteiger charge is -2.30. The lowest BCUT2D eigenvalue weighted by Crippen LogP contribution is -2.41. The number of hydrogen-bond acceptors (Lipinski definition) is 3. The van der Waals surface area contributed by atoms with Gasteiger partial charge in [-0.15, -0.1) is 0 Å². The molecule has 1 atom stereocenters. The summed E-state index contributed by atoms with van der Waals surface area (Å²) in [6.07, 6.45) is 1.00. The normalized spacial score (nSPS) is 20.9. The number of anilines is 1. The van der Waals surface area contributed by atoms with Crippen LogP contribution in [0.3, 0.4) is 0 Å². The number of ether oxygens (including phenoxy) is 1. The Labute approximate surface area is 119 Å². The molecule has 2 aliphatic heterocycles. The Kier molecular flexibility index (Phi) is 3.53. The van der Waals surface area contributed by atoms with Gasteiger partial charge >= 0.3 is 6.03 Å². The second-order valence-corrected chi connectivity index (χ2v) is 5.69. The summed E-state index contributed by atoms with van der Waals surface area (Å²) in [7, 11) is 4.11. The molecule has 0 radical (unpaired) electrons. The number of hydrogen-bond donors (Lipinski definition) is 0. The molecule has 0 aliphatic carbocycles. The summed E-state index contributed by atoms with van der Waals surface area (Å²) in [4.78, 5) is 18.5. The molecule has 0 aromatic heterocycles. The average molecular weight is 275 g/mol. The number of fused-ring (bicyclic) bond motifs is 3. The van der Waals surface area contributed by atoms with Gasteiger partial charge in [-0.05, 0) is 39.2 Å². The van der Waals surface area contributed by atoms with Gasteiger partial charge in [-0.2, -0.15) is 0 Å². The van der Waals surface area contributed by atoms with E-state index in [1.54, 1.807) is 0 Å². The maximum Gasteiger partial charge on any atom is 0.325 e. The summed E-state index contributed by atoms with van der Waals surface area (Å²) in [5, 5.41) is 0.